The van der Waals surface area contributed by atoms with Crippen LogP contribution in [0.15, 0.2) is 29.3 Å². The van der Waals surface area contributed by atoms with Crippen molar-refractivity contribution in [3.63, 3.8) is 0 Å². The van der Waals surface area contributed by atoms with Crippen LogP contribution >= 0.6 is 24.0 Å². The quantitative estimate of drug-likeness (QED) is 0.321. The topological polar surface area (TPSA) is 94.1 Å². The number of piperidine rings is 1. The number of sulfonamides is 1. The number of guanidine groups is 1. The first-order chi connectivity index (χ1) is 13.9. The lowest BCUT2D eigenvalue weighted by atomic mass is 9.98. The second-order valence-corrected chi connectivity index (χ2v) is 9.71. The van der Waals surface area contributed by atoms with Crippen LogP contribution in [-0.2, 0) is 21.4 Å². The van der Waals surface area contributed by atoms with E-state index in [1.807, 2.05) is 29.2 Å². The molecule has 0 radical (unpaired) electrons. The van der Waals surface area contributed by atoms with E-state index in [-0.39, 0.29) is 29.9 Å². The minimum absolute atomic E-state index is 0. The van der Waals surface area contributed by atoms with Gasteiger partial charge in [0.1, 0.15) is 0 Å². The average molecular weight is 549 g/mol. The molecular formula is C20H32IN5O3S. The number of nitrogens with zero attached hydrogens (tertiary/aromatic N) is 3. The highest BCUT2D eigenvalue weighted by Crippen LogP contribution is 2.21. The lowest BCUT2D eigenvalue weighted by molar-refractivity contribution is -0.117. The molecule has 0 atom stereocenters. The fourth-order valence-electron chi connectivity index (χ4n) is 3.81. The molecular weight excluding hydrogens is 517 g/mol. The molecule has 2 fully saturated rings. The second-order valence-electron chi connectivity index (χ2n) is 7.73. The van der Waals surface area contributed by atoms with Crippen LogP contribution in [0.2, 0.25) is 0 Å². The second kappa shape index (κ2) is 11.3. The molecule has 2 heterocycles. The zero-order chi connectivity index (χ0) is 20.9. The zero-order valence-electron chi connectivity index (χ0n) is 17.6. The molecule has 1 aromatic rings. The van der Waals surface area contributed by atoms with Gasteiger partial charge in [0, 0.05) is 51.9 Å². The van der Waals surface area contributed by atoms with Gasteiger partial charge in [-0.3, -0.25) is 9.79 Å². The summed E-state index contributed by atoms with van der Waals surface area (Å²) in [6.45, 7) is 3.38. The largest absolute Gasteiger partial charge is 0.356 e. The van der Waals surface area contributed by atoms with Gasteiger partial charge >= 0.3 is 0 Å². The number of carbonyl (C=O) groups is 1. The van der Waals surface area contributed by atoms with Crippen LogP contribution in [0.25, 0.3) is 0 Å². The van der Waals surface area contributed by atoms with Crippen LogP contribution in [0.5, 0.6) is 0 Å². The van der Waals surface area contributed by atoms with Gasteiger partial charge in [-0.05, 0) is 42.9 Å². The van der Waals surface area contributed by atoms with Crippen LogP contribution in [0.3, 0.4) is 0 Å². The van der Waals surface area contributed by atoms with E-state index >= 15 is 0 Å². The van der Waals surface area contributed by atoms with Gasteiger partial charge in [-0.15, -0.1) is 24.0 Å². The first kappa shape index (κ1) is 24.9. The highest BCUT2D eigenvalue weighted by molar-refractivity contribution is 14.0. The number of rotatable bonds is 6. The minimum atomic E-state index is -3.08. The Morgan fingerprint density at radius 1 is 1.13 bits per heavy atom. The summed E-state index contributed by atoms with van der Waals surface area (Å²) in [7, 11) is -1.34. The maximum absolute atomic E-state index is 11.8. The Balaban J connectivity index is 0.00000320. The van der Waals surface area contributed by atoms with Crippen LogP contribution in [0.1, 0.15) is 31.2 Å². The number of carbonyl (C=O) groups excluding carboxylic acids is 1. The number of nitrogens with one attached hydrogen (secondary N) is 2. The Labute approximate surface area is 196 Å². The van der Waals surface area contributed by atoms with Crippen molar-refractivity contribution in [3.8, 4) is 0 Å². The lowest BCUT2D eigenvalue weighted by Crippen LogP contribution is -2.43. The lowest BCUT2D eigenvalue weighted by Gasteiger charge is -2.30. The Morgan fingerprint density at radius 3 is 2.33 bits per heavy atom. The van der Waals surface area contributed by atoms with E-state index in [1.165, 1.54) is 6.26 Å². The summed E-state index contributed by atoms with van der Waals surface area (Å²) >= 11 is 0. The minimum Gasteiger partial charge on any atom is -0.356 e. The molecule has 168 valence electrons. The molecule has 30 heavy (non-hydrogen) atoms. The SMILES string of the molecule is CN=C(NCc1ccc(N2CCCC2=O)cc1)NCC1CCN(S(C)(=O)=O)CC1.I. The van der Waals surface area contributed by atoms with Gasteiger partial charge in [-0.25, -0.2) is 12.7 Å². The number of benzene rings is 1. The molecule has 0 saturated carbocycles. The highest BCUT2D eigenvalue weighted by Gasteiger charge is 2.25. The van der Waals surface area contributed by atoms with Crippen molar-refractivity contribution in [2.45, 2.75) is 32.2 Å². The summed E-state index contributed by atoms with van der Waals surface area (Å²) in [5, 5.41) is 6.65. The van der Waals surface area contributed by atoms with Crippen LogP contribution in [-0.4, -0.2) is 64.1 Å². The molecule has 0 aromatic heterocycles. The molecule has 0 bridgehead atoms. The normalized spacial score (nSPS) is 18.9. The molecule has 0 aliphatic carbocycles. The molecule has 10 heteroatoms. The molecule has 2 aliphatic rings. The van der Waals surface area contributed by atoms with E-state index in [2.05, 4.69) is 15.6 Å². The molecule has 2 saturated heterocycles. The maximum Gasteiger partial charge on any atom is 0.227 e. The summed E-state index contributed by atoms with van der Waals surface area (Å²) in [6.07, 6.45) is 4.55. The first-order valence-electron chi connectivity index (χ1n) is 10.2. The summed E-state index contributed by atoms with van der Waals surface area (Å²) in [6, 6.07) is 8.04. The van der Waals surface area contributed by atoms with Crippen LogP contribution in [0, 0.1) is 5.92 Å². The van der Waals surface area contributed by atoms with Gasteiger partial charge in [0.05, 0.1) is 6.26 Å². The molecule has 2 aliphatic heterocycles. The Kier molecular flexibility index (Phi) is 9.35. The Hall–Kier alpha value is -1.40. The van der Waals surface area contributed by atoms with Crippen molar-refractivity contribution in [1.82, 2.24) is 14.9 Å². The molecule has 8 nitrogen and oxygen atoms in total. The van der Waals surface area contributed by atoms with Gasteiger partial charge in [0.25, 0.3) is 0 Å². The predicted octanol–water partition coefficient (Wildman–Crippen LogP) is 1.77. The van der Waals surface area contributed by atoms with Crippen molar-refractivity contribution < 1.29 is 13.2 Å². The number of hydrogen-bond acceptors (Lipinski definition) is 4. The molecule has 0 spiro atoms. The van der Waals surface area contributed by atoms with Gasteiger partial charge in [-0.1, -0.05) is 12.1 Å². The van der Waals surface area contributed by atoms with Crippen molar-refractivity contribution in [1.29, 1.82) is 0 Å². The van der Waals surface area contributed by atoms with Gasteiger partial charge in [0.15, 0.2) is 5.96 Å². The molecule has 2 N–H and O–H groups in total. The number of halogens is 1. The summed E-state index contributed by atoms with van der Waals surface area (Å²) in [5.41, 5.74) is 2.07. The smallest absolute Gasteiger partial charge is 0.227 e. The first-order valence-corrected chi connectivity index (χ1v) is 12.0. The Morgan fingerprint density at radius 2 is 1.80 bits per heavy atom. The van der Waals surface area contributed by atoms with Crippen LogP contribution in [0.4, 0.5) is 5.69 Å². The third-order valence-electron chi connectivity index (χ3n) is 5.61. The van der Waals surface area contributed by atoms with Gasteiger partial charge in [0.2, 0.25) is 15.9 Å². The monoisotopic (exact) mass is 549 g/mol. The fourth-order valence-corrected chi connectivity index (χ4v) is 4.68. The van der Waals surface area contributed by atoms with Gasteiger partial charge < -0.3 is 15.5 Å². The third kappa shape index (κ3) is 6.81. The molecule has 3 rings (SSSR count). The third-order valence-corrected chi connectivity index (χ3v) is 6.91. The standard InChI is InChI=1S/C20H31N5O3S.HI/c1-21-20(23-15-17-9-12-24(13-10-17)29(2,27)28)22-14-16-5-7-18(8-6-16)25-11-3-4-19(25)26;/h5-8,17H,3-4,9-15H2,1-2H3,(H2,21,22,23);1H. The van der Waals surface area contributed by atoms with Crippen molar-refractivity contribution >= 4 is 51.6 Å². The van der Waals surface area contributed by atoms with Crippen molar-refractivity contribution in [2.24, 2.45) is 10.9 Å². The van der Waals surface area contributed by atoms with Crippen molar-refractivity contribution in [3.05, 3.63) is 29.8 Å². The zero-order valence-corrected chi connectivity index (χ0v) is 20.8. The van der Waals surface area contributed by atoms with E-state index in [0.717, 1.165) is 49.6 Å². The van der Waals surface area contributed by atoms with E-state index < -0.39 is 10.0 Å². The van der Waals surface area contributed by atoms with E-state index in [0.29, 0.717) is 32.0 Å². The molecule has 1 amide bonds. The van der Waals surface area contributed by atoms with E-state index in [1.54, 1.807) is 11.4 Å². The summed E-state index contributed by atoms with van der Waals surface area (Å²) < 4.78 is 24.7. The highest BCUT2D eigenvalue weighted by atomic mass is 127. The van der Waals surface area contributed by atoms with Crippen molar-refractivity contribution in [2.75, 3.05) is 44.4 Å². The maximum atomic E-state index is 11.8. The Bertz CT molecular complexity index is 837. The van der Waals surface area contributed by atoms with Crippen LogP contribution < -0.4 is 15.5 Å². The predicted molar refractivity (Wildman–Crippen MR) is 131 cm³/mol. The van der Waals surface area contributed by atoms with E-state index in [4.69, 9.17) is 0 Å². The summed E-state index contributed by atoms with van der Waals surface area (Å²) in [5.74, 6) is 1.36. The number of anilines is 1. The summed E-state index contributed by atoms with van der Waals surface area (Å²) in [4.78, 5) is 17.9. The fraction of sp³-hybridized carbons (Fsp3) is 0.600. The van der Waals surface area contributed by atoms with Gasteiger partial charge in [-0.2, -0.15) is 0 Å². The number of hydrogen-bond donors (Lipinski definition) is 2. The van der Waals surface area contributed by atoms with E-state index in [9.17, 15) is 13.2 Å². The average Bonchev–Trinajstić information content (AvgIpc) is 3.14. The number of amides is 1. The molecule has 1 aromatic carbocycles. The molecule has 0 unspecified atom stereocenters. The number of aliphatic imine (C=N–C) groups is 1.